The second-order valence-electron chi connectivity index (χ2n) is 5.75. The second kappa shape index (κ2) is 8.26. The van der Waals surface area contributed by atoms with Gasteiger partial charge in [0.2, 0.25) is 5.95 Å². The fourth-order valence-corrected chi connectivity index (χ4v) is 2.67. The van der Waals surface area contributed by atoms with Crippen molar-refractivity contribution in [1.82, 2.24) is 9.97 Å². The van der Waals surface area contributed by atoms with Gasteiger partial charge in [-0.05, 0) is 36.2 Å². The fourth-order valence-electron chi connectivity index (χ4n) is 2.45. The lowest BCUT2D eigenvalue weighted by atomic mass is 10.1. The van der Waals surface area contributed by atoms with E-state index in [0.29, 0.717) is 12.4 Å². The van der Waals surface area contributed by atoms with Crippen molar-refractivity contribution in [3.8, 4) is 0 Å². The highest BCUT2D eigenvalue weighted by molar-refractivity contribution is 6.31. The Kier molecular flexibility index (Phi) is 5.81. The van der Waals surface area contributed by atoms with E-state index in [1.165, 1.54) is 23.9 Å². The molecule has 2 N–H and O–H groups in total. The lowest BCUT2D eigenvalue weighted by Crippen LogP contribution is -2.09. The van der Waals surface area contributed by atoms with Crippen molar-refractivity contribution in [1.29, 1.82) is 0 Å². The molecule has 0 atom stereocenters. The molecule has 0 spiro atoms. The van der Waals surface area contributed by atoms with Crippen LogP contribution in [0, 0.1) is 0 Å². The molecule has 0 aliphatic rings. The average Bonchev–Trinajstić information content (AvgIpc) is 2.64. The van der Waals surface area contributed by atoms with E-state index < -0.39 is 11.7 Å². The number of hydrogen-bond donors (Lipinski definition) is 2. The largest absolute Gasteiger partial charge is 0.417 e. The summed E-state index contributed by atoms with van der Waals surface area (Å²) < 4.78 is 38.9. The second-order valence-corrected chi connectivity index (χ2v) is 6.15. The Balaban J connectivity index is 1.65. The summed E-state index contributed by atoms with van der Waals surface area (Å²) in [5, 5.41) is 5.59. The fraction of sp³-hybridized carbons (Fsp3) is 0.158. The summed E-state index contributed by atoms with van der Waals surface area (Å²) >= 11 is 5.63. The van der Waals surface area contributed by atoms with Crippen LogP contribution in [0.25, 0.3) is 0 Å². The van der Waals surface area contributed by atoms with Crippen molar-refractivity contribution in [2.24, 2.45) is 0 Å². The number of hydrogen-bond acceptors (Lipinski definition) is 4. The molecular formula is C19H16ClF3N4. The van der Waals surface area contributed by atoms with Gasteiger partial charge in [0.05, 0.1) is 10.6 Å². The van der Waals surface area contributed by atoms with Gasteiger partial charge in [-0.1, -0.05) is 41.9 Å². The van der Waals surface area contributed by atoms with Gasteiger partial charge < -0.3 is 10.6 Å². The summed E-state index contributed by atoms with van der Waals surface area (Å²) in [6.45, 7) is 0.666. The maximum absolute atomic E-state index is 13.0. The summed E-state index contributed by atoms with van der Waals surface area (Å²) in [5.74, 6) is 0.767. The highest BCUT2D eigenvalue weighted by Crippen LogP contribution is 2.36. The third-order valence-electron chi connectivity index (χ3n) is 3.75. The van der Waals surface area contributed by atoms with E-state index in [0.717, 1.165) is 12.5 Å². The molecule has 0 fully saturated rings. The Morgan fingerprint density at radius 1 is 1.00 bits per heavy atom. The van der Waals surface area contributed by atoms with E-state index in [9.17, 15) is 13.2 Å². The first-order chi connectivity index (χ1) is 12.9. The summed E-state index contributed by atoms with van der Waals surface area (Å²) in [6.07, 6.45) is -2.18. The topological polar surface area (TPSA) is 49.8 Å². The van der Waals surface area contributed by atoms with Gasteiger partial charge >= 0.3 is 6.18 Å². The minimum absolute atomic E-state index is 0.190. The van der Waals surface area contributed by atoms with Crippen LogP contribution in [0.1, 0.15) is 11.1 Å². The number of rotatable bonds is 6. The zero-order chi connectivity index (χ0) is 19.3. The minimum Gasteiger partial charge on any atom is -0.370 e. The molecule has 8 heteroatoms. The Morgan fingerprint density at radius 2 is 1.78 bits per heavy atom. The molecule has 0 amide bonds. The van der Waals surface area contributed by atoms with Crippen LogP contribution in [-0.2, 0) is 12.6 Å². The van der Waals surface area contributed by atoms with Crippen molar-refractivity contribution in [3.05, 3.63) is 76.9 Å². The molecule has 3 aromatic rings. The van der Waals surface area contributed by atoms with Gasteiger partial charge in [-0.3, -0.25) is 0 Å². The smallest absolute Gasteiger partial charge is 0.370 e. The number of anilines is 3. The number of halogens is 4. The lowest BCUT2D eigenvalue weighted by Gasteiger charge is -2.12. The molecule has 0 saturated heterocycles. The van der Waals surface area contributed by atoms with E-state index in [4.69, 9.17) is 11.6 Å². The molecule has 0 unspecified atom stereocenters. The molecule has 1 heterocycles. The molecule has 4 nitrogen and oxygen atoms in total. The SMILES string of the molecule is FC(F)(F)c1cc(Nc2nccc(NCCc3ccccc3)n2)ccc1Cl. The highest BCUT2D eigenvalue weighted by Gasteiger charge is 2.33. The van der Waals surface area contributed by atoms with Gasteiger partial charge in [0.1, 0.15) is 5.82 Å². The maximum Gasteiger partial charge on any atom is 0.417 e. The zero-order valence-corrected chi connectivity index (χ0v) is 14.8. The Bertz CT molecular complexity index is 901. The zero-order valence-electron chi connectivity index (χ0n) is 14.1. The van der Waals surface area contributed by atoms with Crippen molar-refractivity contribution >= 4 is 29.1 Å². The van der Waals surface area contributed by atoms with Gasteiger partial charge in [-0.15, -0.1) is 0 Å². The van der Waals surface area contributed by atoms with Crippen molar-refractivity contribution in [2.75, 3.05) is 17.2 Å². The van der Waals surface area contributed by atoms with Crippen LogP contribution in [0.3, 0.4) is 0 Å². The average molecular weight is 393 g/mol. The molecule has 1 aromatic heterocycles. The molecule has 0 aliphatic heterocycles. The Hall–Kier alpha value is -2.80. The van der Waals surface area contributed by atoms with E-state index >= 15 is 0 Å². The third kappa shape index (κ3) is 5.34. The number of nitrogens with one attached hydrogen (secondary N) is 2. The minimum atomic E-state index is -4.53. The van der Waals surface area contributed by atoms with Gasteiger partial charge in [0, 0.05) is 18.4 Å². The quantitative estimate of drug-likeness (QED) is 0.577. The predicted octanol–water partition coefficient (Wildman–Crippen LogP) is 5.55. The summed E-state index contributed by atoms with van der Waals surface area (Å²) in [7, 11) is 0. The molecule has 0 saturated carbocycles. The van der Waals surface area contributed by atoms with Crippen LogP contribution >= 0.6 is 11.6 Å². The monoisotopic (exact) mass is 392 g/mol. The van der Waals surface area contributed by atoms with Crippen LogP contribution in [0.2, 0.25) is 5.02 Å². The Morgan fingerprint density at radius 3 is 2.52 bits per heavy atom. The van der Waals surface area contributed by atoms with Gasteiger partial charge in [-0.2, -0.15) is 18.2 Å². The van der Waals surface area contributed by atoms with Gasteiger partial charge in [-0.25, -0.2) is 4.98 Å². The predicted molar refractivity (Wildman–Crippen MR) is 100 cm³/mol. The van der Waals surface area contributed by atoms with Crippen LogP contribution in [0.5, 0.6) is 0 Å². The van der Waals surface area contributed by atoms with Crippen molar-refractivity contribution in [2.45, 2.75) is 12.6 Å². The lowest BCUT2D eigenvalue weighted by molar-refractivity contribution is -0.137. The number of aromatic nitrogens is 2. The van der Waals surface area contributed by atoms with E-state index in [2.05, 4.69) is 20.6 Å². The third-order valence-corrected chi connectivity index (χ3v) is 4.08. The standard InChI is InChI=1S/C19H16ClF3N4/c20-16-7-6-14(12-15(16)19(21,22)23)26-18-25-11-9-17(27-18)24-10-8-13-4-2-1-3-5-13/h1-7,9,11-12H,8,10H2,(H2,24,25,26,27). The van der Waals surface area contributed by atoms with Crippen LogP contribution in [0.4, 0.5) is 30.6 Å². The summed E-state index contributed by atoms with van der Waals surface area (Å²) in [6, 6.07) is 15.2. The molecule has 0 aliphatic carbocycles. The van der Waals surface area contributed by atoms with E-state index in [-0.39, 0.29) is 16.7 Å². The van der Waals surface area contributed by atoms with Crippen LogP contribution in [0.15, 0.2) is 60.8 Å². The first kappa shape index (κ1) is 19.0. The number of alkyl halides is 3. The summed E-state index contributed by atoms with van der Waals surface area (Å²) in [5.41, 5.74) is 0.484. The van der Waals surface area contributed by atoms with E-state index in [1.807, 2.05) is 30.3 Å². The molecule has 27 heavy (non-hydrogen) atoms. The first-order valence-corrected chi connectivity index (χ1v) is 8.54. The van der Waals surface area contributed by atoms with Gasteiger partial charge in [0.25, 0.3) is 0 Å². The molecule has 0 radical (unpaired) electrons. The normalized spacial score (nSPS) is 11.3. The molecule has 2 aromatic carbocycles. The first-order valence-electron chi connectivity index (χ1n) is 8.16. The molecule has 0 bridgehead atoms. The summed E-state index contributed by atoms with van der Waals surface area (Å²) in [4.78, 5) is 8.30. The Labute approximate surface area is 159 Å². The van der Waals surface area contributed by atoms with Crippen LogP contribution in [-0.4, -0.2) is 16.5 Å². The van der Waals surface area contributed by atoms with Crippen molar-refractivity contribution < 1.29 is 13.2 Å². The van der Waals surface area contributed by atoms with Crippen LogP contribution < -0.4 is 10.6 Å². The highest BCUT2D eigenvalue weighted by atomic mass is 35.5. The molecular weight excluding hydrogens is 377 g/mol. The van der Waals surface area contributed by atoms with Gasteiger partial charge in [0.15, 0.2) is 0 Å². The molecule has 140 valence electrons. The van der Waals surface area contributed by atoms with Crippen molar-refractivity contribution in [3.63, 3.8) is 0 Å². The van der Waals surface area contributed by atoms with E-state index in [1.54, 1.807) is 6.07 Å². The molecule has 3 rings (SSSR count). The maximum atomic E-state index is 13.0. The number of benzene rings is 2. The number of nitrogens with zero attached hydrogens (tertiary/aromatic N) is 2.